The van der Waals surface area contributed by atoms with Gasteiger partial charge in [0.2, 0.25) is 5.78 Å². The molecule has 0 saturated carbocycles. The fourth-order valence-corrected chi connectivity index (χ4v) is 2.39. The first-order valence-electron chi connectivity index (χ1n) is 8.16. The van der Waals surface area contributed by atoms with Gasteiger partial charge in [-0.3, -0.25) is 14.9 Å². The van der Waals surface area contributed by atoms with Gasteiger partial charge in [0.15, 0.2) is 0 Å². The van der Waals surface area contributed by atoms with Gasteiger partial charge in [0.25, 0.3) is 5.69 Å². The molecule has 0 amide bonds. The van der Waals surface area contributed by atoms with Crippen LogP contribution in [-0.4, -0.2) is 22.6 Å². The summed E-state index contributed by atoms with van der Waals surface area (Å²) in [6, 6.07) is 23.9. The quantitative estimate of drug-likeness (QED) is 0.285. The minimum atomic E-state index is -0.467. The highest BCUT2D eigenvalue weighted by Crippen LogP contribution is 2.12. The zero-order valence-electron chi connectivity index (χ0n) is 14.2. The number of nitro groups is 1. The third kappa shape index (κ3) is 4.58. The zero-order valence-corrected chi connectivity index (χ0v) is 14.2. The third-order valence-corrected chi connectivity index (χ3v) is 3.77. The highest BCUT2D eigenvalue weighted by atomic mass is 16.6. The molecule has 0 heterocycles. The average molecular weight is 357 g/mol. The van der Waals surface area contributed by atoms with Crippen molar-refractivity contribution in [1.29, 1.82) is 0 Å². The molecule has 0 saturated heterocycles. The second-order valence-electron chi connectivity index (χ2n) is 5.60. The molecule has 3 aromatic carbocycles. The van der Waals surface area contributed by atoms with Crippen LogP contribution in [0.2, 0.25) is 0 Å². The van der Waals surface area contributed by atoms with Gasteiger partial charge < -0.3 is 0 Å². The number of carbonyl (C=O) groups is 1. The first-order valence-corrected chi connectivity index (χ1v) is 8.16. The van der Waals surface area contributed by atoms with E-state index in [4.69, 9.17) is 0 Å². The van der Waals surface area contributed by atoms with Gasteiger partial charge >= 0.3 is 0 Å². The monoisotopic (exact) mass is 357 g/mol. The van der Waals surface area contributed by atoms with Crippen molar-refractivity contribution in [2.45, 2.75) is 0 Å². The molecular formula is C21H15N3O3. The highest BCUT2D eigenvalue weighted by Gasteiger charge is 2.16. The number of rotatable bonds is 6. The number of hydrogen-bond acceptors (Lipinski definition) is 5. The van der Waals surface area contributed by atoms with Gasteiger partial charge in [0.1, 0.15) is 5.71 Å². The number of non-ortho nitro benzene ring substituents is 1. The van der Waals surface area contributed by atoms with Crippen molar-refractivity contribution < 1.29 is 9.72 Å². The number of ketones is 1. The number of Topliss-reactive ketones (excluding diaryl/α,β-unsaturated/α-hetero) is 1. The van der Waals surface area contributed by atoms with Crippen LogP contribution in [0.15, 0.2) is 95.1 Å². The third-order valence-electron chi connectivity index (χ3n) is 3.77. The topological polar surface area (TPSA) is 84.9 Å². The molecule has 6 nitrogen and oxygen atoms in total. The van der Waals surface area contributed by atoms with E-state index in [0.717, 1.165) is 0 Å². The molecule has 3 aromatic rings. The number of carbonyl (C=O) groups excluding carboxylic acids is 1. The lowest BCUT2D eigenvalue weighted by Gasteiger charge is -2.04. The Hall–Kier alpha value is -3.93. The fourth-order valence-electron chi connectivity index (χ4n) is 2.39. The summed E-state index contributed by atoms with van der Waals surface area (Å²) in [4.78, 5) is 23.1. The Morgan fingerprint density at radius 3 is 1.93 bits per heavy atom. The molecule has 27 heavy (non-hydrogen) atoms. The summed E-state index contributed by atoms with van der Waals surface area (Å²) >= 11 is 0. The van der Waals surface area contributed by atoms with Crippen molar-refractivity contribution >= 4 is 23.4 Å². The molecule has 0 aromatic heterocycles. The second-order valence-corrected chi connectivity index (χ2v) is 5.60. The zero-order chi connectivity index (χ0) is 19.1. The molecule has 0 N–H and O–H groups in total. The maximum atomic E-state index is 12.8. The van der Waals surface area contributed by atoms with Crippen LogP contribution in [0, 0.1) is 10.1 Å². The lowest BCUT2D eigenvalue weighted by atomic mass is 10.0. The predicted octanol–water partition coefficient (Wildman–Crippen LogP) is 4.30. The van der Waals surface area contributed by atoms with Crippen LogP contribution in [0.25, 0.3) is 0 Å². The molecule has 0 bridgehead atoms. The summed E-state index contributed by atoms with van der Waals surface area (Å²) in [5, 5.41) is 18.8. The van der Waals surface area contributed by atoms with Crippen LogP contribution in [-0.2, 0) is 0 Å². The van der Waals surface area contributed by atoms with Crippen molar-refractivity contribution in [2.75, 3.05) is 0 Å². The second kappa shape index (κ2) is 8.44. The van der Waals surface area contributed by atoms with E-state index < -0.39 is 4.92 Å². The van der Waals surface area contributed by atoms with Crippen molar-refractivity contribution in [3.63, 3.8) is 0 Å². The summed E-state index contributed by atoms with van der Waals surface area (Å²) < 4.78 is 0. The molecule has 132 valence electrons. The Morgan fingerprint density at radius 1 is 0.815 bits per heavy atom. The maximum Gasteiger partial charge on any atom is 0.269 e. The standard InChI is InChI=1S/C21H15N3O3/c25-21(18-9-5-2-6-10-18)20(17-7-3-1-4-8-17)23-22-15-16-11-13-19(14-12-16)24(26)27/h1-15H/b22-15+,23-20+. The number of nitro benzene ring substituents is 1. The molecule has 0 aliphatic carbocycles. The molecule has 6 heteroatoms. The summed E-state index contributed by atoms with van der Waals surface area (Å²) in [5.41, 5.74) is 2.04. The SMILES string of the molecule is O=C(/C(=N/N=C/c1ccc([N+](=O)[O-])cc1)c1ccccc1)c1ccccc1. The largest absolute Gasteiger partial charge is 0.287 e. The van der Waals surface area contributed by atoms with Crippen LogP contribution in [0.3, 0.4) is 0 Å². The lowest BCUT2D eigenvalue weighted by Crippen LogP contribution is -2.15. The molecular weight excluding hydrogens is 342 g/mol. The van der Waals surface area contributed by atoms with E-state index in [1.165, 1.54) is 18.3 Å². The first kappa shape index (κ1) is 17.9. The van der Waals surface area contributed by atoms with Crippen LogP contribution in [0.5, 0.6) is 0 Å². The number of benzene rings is 3. The Bertz CT molecular complexity index is 996. The fraction of sp³-hybridized carbons (Fsp3) is 0. The molecule has 0 aliphatic rings. The Kier molecular flexibility index (Phi) is 5.59. The van der Waals surface area contributed by atoms with E-state index >= 15 is 0 Å². The van der Waals surface area contributed by atoms with Crippen LogP contribution in [0.4, 0.5) is 5.69 Å². The Labute approximate surface area is 155 Å². The van der Waals surface area contributed by atoms with E-state index in [9.17, 15) is 14.9 Å². The van der Waals surface area contributed by atoms with Gasteiger partial charge in [-0.25, -0.2) is 0 Å². The normalized spacial score (nSPS) is 11.5. The lowest BCUT2D eigenvalue weighted by molar-refractivity contribution is -0.384. The predicted molar refractivity (Wildman–Crippen MR) is 104 cm³/mol. The highest BCUT2D eigenvalue weighted by molar-refractivity contribution is 6.51. The van der Waals surface area contributed by atoms with Gasteiger partial charge in [-0.1, -0.05) is 60.7 Å². The Balaban J connectivity index is 1.90. The van der Waals surface area contributed by atoms with Gasteiger partial charge in [0.05, 0.1) is 11.1 Å². The van der Waals surface area contributed by atoms with Crippen LogP contribution >= 0.6 is 0 Å². The minimum Gasteiger partial charge on any atom is -0.287 e. The summed E-state index contributed by atoms with van der Waals surface area (Å²) in [5.74, 6) is -0.234. The average Bonchev–Trinajstić information content (AvgIpc) is 2.72. The molecule has 0 unspecified atom stereocenters. The molecule has 0 radical (unpaired) electrons. The van der Waals surface area contributed by atoms with Crippen LogP contribution in [0.1, 0.15) is 21.5 Å². The Morgan fingerprint density at radius 2 is 1.37 bits per heavy atom. The molecule has 0 fully saturated rings. The first-order chi connectivity index (χ1) is 13.1. The van der Waals surface area contributed by atoms with E-state index in [0.29, 0.717) is 16.7 Å². The number of hydrogen-bond donors (Lipinski definition) is 0. The molecule has 0 atom stereocenters. The minimum absolute atomic E-state index is 0.000110. The van der Waals surface area contributed by atoms with Gasteiger partial charge in [0, 0.05) is 23.3 Å². The van der Waals surface area contributed by atoms with E-state index in [1.54, 1.807) is 48.5 Å². The van der Waals surface area contributed by atoms with E-state index in [-0.39, 0.29) is 17.2 Å². The summed E-state index contributed by atoms with van der Waals surface area (Å²) in [7, 11) is 0. The smallest absolute Gasteiger partial charge is 0.269 e. The number of nitrogens with zero attached hydrogens (tertiary/aromatic N) is 3. The van der Waals surface area contributed by atoms with Crippen LogP contribution < -0.4 is 0 Å². The van der Waals surface area contributed by atoms with Gasteiger partial charge in [-0.05, 0) is 17.7 Å². The van der Waals surface area contributed by atoms with Crippen molar-refractivity contribution in [2.24, 2.45) is 10.2 Å². The maximum absolute atomic E-state index is 12.8. The van der Waals surface area contributed by atoms with Gasteiger partial charge in [-0.15, -0.1) is 5.10 Å². The molecule has 3 rings (SSSR count). The summed E-state index contributed by atoms with van der Waals surface area (Å²) in [6.07, 6.45) is 1.45. The van der Waals surface area contributed by atoms with Gasteiger partial charge in [-0.2, -0.15) is 5.10 Å². The van der Waals surface area contributed by atoms with E-state index in [1.807, 2.05) is 24.3 Å². The summed E-state index contributed by atoms with van der Waals surface area (Å²) in [6.45, 7) is 0. The van der Waals surface area contributed by atoms with Crippen molar-refractivity contribution in [3.05, 3.63) is 112 Å². The molecule has 0 spiro atoms. The van der Waals surface area contributed by atoms with Crippen molar-refractivity contribution in [3.8, 4) is 0 Å². The van der Waals surface area contributed by atoms with E-state index in [2.05, 4.69) is 10.2 Å². The molecule has 0 aliphatic heterocycles. The van der Waals surface area contributed by atoms with Crippen molar-refractivity contribution in [1.82, 2.24) is 0 Å².